The van der Waals surface area contributed by atoms with E-state index in [2.05, 4.69) is 92.9 Å². The quantitative estimate of drug-likeness (QED) is 0.673. The van der Waals surface area contributed by atoms with Crippen molar-refractivity contribution in [3.05, 3.63) is 82.3 Å². The molecule has 1 atom stereocenters. The first kappa shape index (κ1) is 16.8. The van der Waals surface area contributed by atoms with Crippen molar-refractivity contribution in [3.63, 3.8) is 0 Å². The number of nitrogens with zero attached hydrogens (tertiary/aromatic N) is 1. The molecule has 0 bridgehead atoms. The number of rotatable bonds is 3. The van der Waals surface area contributed by atoms with E-state index in [0.717, 1.165) is 26.2 Å². The molecule has 1 aliphatic heterocycles. The van der Waals surface area contributed by atoms with Crippen molar-refractivity contribution in [1.82, 2.24) is 10.2 Å². The third kappa shape index (κ3) is 3.64. The molecule has 0 amide bonds. The number of halogens is 1. The summed E-state index contributed by atoms with van der Waals surface area (Å²) in [4.78, 5) is 2.62. The Morgan fingerprint density at radius 3 is 2.52 bits per heavy atom. The topological polar surface area (TPSA) is 15.3 Å². The lowest BCUT2D eigenvalue weighted by Crippen LogP contribution is -2.33. The molecule has 1 N–H and O–H groups in total. The minimum atomic E-state index is 0.278. The average Bonchev–Trinajstić information content (AvgIpc) is 2.93. The van der Waals surface area contributed by atoms with Crippen molar-refractivity contribution >= 4 is 26.7 Å². The van der Waals surface area contributed by atoms with Gasteiger partial charge in [0.1, 0.15) is 0 Å². The lowest BCUT2D eigenvalue weighted by atomic mass is 9.94. The molecule has 0 saturated carbocycles. The van der Waals surface area contributed by atoms with Crippen LogP contribution in [-0.2, 0) is 0 Å². The predicted molar refractivity (Wildman–Crippen MR) is 109 cm³/mol. The Hall–Kier alpha value is -1.68. The molecule has 1 saturated heterocycles. The van der Waals surface area contributed by atoms with Crippen LogP contribution < -0.4 is 5.32 Å². The van der Waals surface area contributed by atoms with Gasteiger partial charge in [0.15, 0.2) is 0 Å². The second-order valence-electron chi connectivity index (χ2n) is 6.67. The molecule has 1 unspecified atom stereocenters. The Labute approximate surface area is 158 Å². The van der Waals surface area contributed by atoms with E-state index in [0.29, 0.717) is 0 Å². The van der Waals surface area contributed by atoms with Crippen molar-refractivity contribution < 1.29 is 0 Å². The standard InChI is InChI=1S/C22H23BrN2/c23-21-9-4-3-8-20(21)22(25-14-5-12-24-13-15-25)19-11-10-17-6-1-2-7-18(17)16-19/h1-4,6-11,16,22,24H,5,12-15H2. The van der Waals surface area contributed by atoms with Crippen molar-refractivity contribution in [3.8, 4) is 0 Å². The summed E-state index contributed by atoms with van der Waals surface area (Å²) in [5.41, 5.74) is 2.71. The summed E-state index contributed by atoms with van der Waals surface area (Å²) in [5, 5.41) is 6.14. The molecule has 3 aromatic carbocycles. The Bertz CT molecular complexity index is 853. The van der Waals surface area contributed by atoms with Gasteiger partial charge in [-0.25, -0.2) is 0 Å². The molecular formula is C22H23BrN2. The van der Waals surface area contributed by atoms with Crippen LogP contribution in [-0.4, -0.2) is 31.1 Å². The van der Waals surface area contributed by atoms with E-state index in [9.17, 15) is 0 Å². The molecule has 1 heterocycles. The van der Waals surface area contributed by atoms with Gasteiger partial charge in [-0.2, -0.15) is 0 Å². The van der Waals surface area contributed by atoms with E-state index in [1.54, 1.807) is 0 Å². The van der Waals surface area contributed by atoms with Crippen LogP contribution in [0, 0.1) is 0 Å². The molecule has 0 aromatic heterocycles. The predicted octanol–water partition coefficient (Wildman–Crippen LogP) is 4.99. The normalized spacial score (nSPS) is 17.3. The van der Waals surface area contributed by atoms with Crippen LogP contribution in [0.15, 0.2) is 71.2 Å². The maximum Gasteiger partial charge on any atom is 0.0613 e. The monoisotopic (exact) mass is 394 g/mol. The second-order valence-corrected chi connectivity index (χ2v) is 7.52. The third-order valence-corrected chi connectivity index (χ3v) is 5.75. The fourth-order valence-corrected chi connectivity index (χ4v) is 4.29. The zero-order valence-electron chi connectivity index (χ0n) is 14.3. The molecule has 4 rings (SSSR count). The summed E-state index contributed by atoms with van der Waals surface area (Å²) in [7, 11) is 0. The summed E-state index contributed by atoms with van der Waals surface area (Å²) >= 11 is 3.79. The van der Waals surface area contributed by atoms with Crippen LogP contribution in [0.25, 0.3) is 10.8 Å². The van der Waals surface area contributed by atoms with E-state index >= 15 is 0 Å². The van der Waals surface area contributed by atoms with Crippen molar-refractivity contribution in [2.24, 2.45) is 0 Å². The molecule has 0 spiro atoms. The van der Waals surface area contributed by atoms with E-state index in [1.807, 2.05) is 0 Å². The SMILES string of the molecule is Brc1ccccc1C(c1ccc2ccccc2c1)N1CCCNCC1. The van der Waals surface area contributed by atoms with Gasteiger partial charge in [0, 0.05) is 24.1 Å². The minimum absolute atomic E-state index is 0.278. The van der Waals surface area contributed by atoms with E-state index < -0.39 is 0 Å². The van der Waals surface area contributed by atoms with E-state index in [1.165, 1.54) is 32.8 Å². The smallest absolute Gasteiger partial charge is 0.0613 e. The van der Waals surface area contributed by atoms with E-state index in [-0.39, 0.29) is 6.04 Å². The van der Waals surface area contributed by atoms with Crippen molar-refractivity contribution in [2.75, 3.05) is 26.2 Å². The van der Waals surface area contributed by atoms with Gasteiger partial charge < -0.3 is 5.32 Å². The van der Waals surface area contributed by atoms with Gasteiger partial charge in [-0.15, -0.1) is 0 Å². The summed E-state index contributed by atoms with van der Waals surface area (Å²) in [6.07, 6.45) is 1.19. The van der Waals surface area contributed by atoms with Gasteiger partial charge in [0.2, 0.25) is 0 Å². The summed E-state index contributed by atoms with van der Waals surface area (Å²) in [5.74, 6) is 0. The van der Waals surface area contributed by atoms with Crippen LogP contribution in [0.3, 0.4) is 0 Å². The molecule has 25 heavy (non-hydrogen) atoms. The highest BCUT2D eigenvalue weighted by molar-refractivity contribution is 9.10. The Kier molecular flexibility index (Phi) is 5.16. The van der Waals surface area contributed by atoms with Crippen LogP contribution >= 0.6 is 15.9 Å². The summed E-state index contributed by atoms with van der Waals surface area (Å²) in [6, 6.07) is 24.4. The first-order chi connectivity index (χ1) is 12.3. The first-order valence-electron chi connectivity index (χ1n) is 9.01. The molecule has 128 valence electrons. The number of hydrogen-bond acceptors (Lipinski definition) is 2. The average molecular weight is 395 g/mol. The second kappa shape index (κ2) is 7.69. The highest BCUT2D eigenvalue weighted by Crippen LogP contribution is 2.35. The van der Waals surface area contributed by atoms with Gasteiger partial charge in [-0.3, -0.25) is 4.90 Å². The fourth-order valence-electron chi connectivity index (χ4n) is 3.79. The maximum atomic E-state index is 3.79. The van der Waals surface area contributed by atoms with Crippen LogP contribution in [0.5, 0.6) is 0 Å². The number of nitrogens with one attached hydrogen (secondary N) is 1. The minimum Gasteiger partial charge on any atom is -0.315 e. The van der Waals surface area contributed by atoms with Crippen LogP contribution in [0.4, 0.5) is 0 Å². The Morgan fingerprint density at radius 2 is 1.64 bits per heavy atom. The lowest BCUT2D eigenvalue weighted by molar-refractivity contribution is 0.240. The zero-order chi connectivity index (χ0) is 17.1. The highest BCUT2D eigenvalue weighted by atomic mass is 79.9. The van der Waals surface area contributed by atoms with Gasteiger partial charge in [0.25, 0.3) is 0 Å². The van der Waals surface area contributed by atoms with Crippen molar-refractivity contribution in [1.29, 1.82) is 0 Å². The van der Waals surface area contributed by atoms with Gasteiger partial charge in [0.05, 0.1) is 6.04 Å². The molecule has 0 radical (unpaired) electrons. The molecule has 1 fully saturated rings. The van der Waals surface area contributed by atoms with Gasteiger partial charge in [-0.05, 0) is 47.0 Å². The third-order valence-electron chi connectivity index (χ3n) is 5.03. The van der Waals surface area contributed by atoms with E-state index in [4.69, 9.17) is 0 Å². The number of fused-ring (bicyclic) bond motifs is 1. The highest BCUT2D eigenvalue weighted by Gasteiger charge is 2.24. The number of hydrogen-bond donors (Lipinski definition) is 1. The summed E-state index contributed by atoms with van der Waals surface area (Å²) in [6.45, 7) is 4.34. The summed E-state index contributed by atoms with van der Waals surface area (Å²) < 4.78 is 1.19. The first-order valence-corrected chi connectivity index (χ1v) is 9.80. The maximum absolute atomic E-state index is 3.79. The van der Waals surface area contributed by atoms with Gasteiger partial charge in [-0.1, -0.05) is 70.5 Å². The van der Waals surface area contributed by atoms with Gasteiger partial charge >= 0.3 is 0 Å². The molecule has 3 aromatic rings. The van der Waals surface area contributed by atoms with Crippen molar-refractivity contribution in [2.45, 2.75) is 12.5 Å². The molecular weight excluding hydrogens is 372 g/mol. The Balaban J connectivity index is 1.81. The van der Waals surface area contributed by atoms with Crippen LogP contribution in [0.1, 0.15) is 23.6 Å². The van der Waals surface area contributed by atoms with Crippen LogP contribution in [0.2, 0.25) is 0 Å². The molecule has 2 nitrogen and oxygen atoms in total. The fraction of sp³-hybridized carbons (Fsp3) is 0.273. The Morgan fingerprint density at radius 1 is 0.840 bits per heavy atom. The molecule has 1 aliphatic rings. The zero-order valence-corrected chi connectivity index (χ0v) is 15.9. The molecule has 3 heteroatoms. The lowest BCUT2D eigenvalue weighted by Gasteiger charge is -2.32. The number of benzene rings is 3. The molecule has 0 aliphatic carbocycles. The largest absolute Gasteiger partial charge is 0.315 e.